The Morgan fingerprint density at radius 3 is 2.40 bits per heavy atom. The summed E-state index contributed by atoms with van der Waals surface area (Å²) in [6.07, 6.45) is 0. The molecule has 0 aromatic carbocycles. The van der Waals surface area contributed by atoms with Crippen LogP contribution in [-0.4, -0.2) is 29.0 Å². The molecule has 15 heavy (non-hydrogen) atoms. The molecule has 90 valence electrons. The summed E-state index contributed by atoms with van der Waals surface area (Å²) in [5.74, 6) is 1.20. The summed E-state index contributed by atoms with van der Waals surface area (Å²) in [4.78, 5) is 11.6. The summed E-state index contributed by atoms with van der Waals surface area (Å²) < 4.78 is 0.0844. The molecule has 1 amide bonds. The van der Waals surface area contributed by atoms with Gasteiger partial charge in [-0.05, 0) is 25.5 Å². The van der Waals surface area contributed by atoms with Crippen molar-refractivity contribution in [3.8, 4) is 0 Å². The van der Waals surface area contributed by atoms with Crippen molar-refractivity contribution in [1.82, 2.24) is 5.32 Å². The smallest absolute Gasteiger partial charge is 0.237 e. The van der Waals surface area contributed by atoms with Crippen LogP contribution in [0, 0.1) is 5.92 Å². The molecule has 0 rings (SSSR count). The standard InChI is InChI=1S/C11H24N2OS/c1-6-15-11(4,5)7-13-10(14)9(12)8(2)3/h8-9H,6-7,12H2,1-5H3,(H,13,14). The highest BCUT2D eigenvalue weighted by Crippen LogP contribution is 2.22. The Morgan fingerprint density at radius 1 is 1.47 bits per heavy atom. The third kappa shape index (κ3) is 6.05. The van der Waals surface area contributed by atoms with E-state index in [9.17, 15) is 4.79 Å². The van der Waals surface area contributed by atoms with Crippen LogP contribution in [0.3, 0.4) is 0 Å². The zero-order valence-corrected chi connectivity index (χ0v) is 11.3. The fourth-order valence-electron chi connectivity index (χ4n) is 1.16. The van der Waals surface area contributed by atoms with Crippen LogP contribution in [0.25, 0.3) is 0 Å². The molecule has 0 bridgehead atoms. The van der Waals surface area contributed by atoms with Gasteiger partial charge >= 0.3 is 0 Å². The Morgan fingerprint density at radius 2 is 2.00 bits per heavy atom. The molecule has 0 aliphatic heterocycles. The first kappa shape index (κ1) is 14.8. The molecule has 3 N–H and O–H groups in total. The molecule has 0 fully saturated rings. The molecule has 0 heterocycles. The average molecular weight is 232 g/mol. The Kier molecular flexibility index (Phi) is 6.29. The molecule has 0 aliphatic carbocycles. The molecule has 0 spiro atoms. The zero-order chi connectivity index (χ0) is 12.1. The normalized spacial score (nSPS) is 14.1. The van der Waals surface area contributed by atoms with E-state index in [2.05, 4.69) is 26.1 Å². The van der Waals surface area contributed by atoms with Crippen LogP contribution in [-0.2, 0) is 4.79 Å². The van der Waals surface area contributed by atoms with Crippen molar-refractivity contribution in [3.63, 3.8) is 0 Å². The van der Waals surface area contributed by atoms with Crippen LogP contribution < -0.4 is 11.1 Å². The number of nitrogens with two attached hydrogens (primary N) is 1. The quantitative estimate of drug-likeness (QED) is 0.731. The van der Waals surface area contributed by atoms with E-state index in [0.717, 1.165) is 5.75 Å². The molecule has 4 heteroatoms. The summed E-state index contributed by atoms with van der Waals surface area (Å²) in [7, 11) is 0. The second-order valence-corrected chi connectivity index (χ2v) is 6.65. The predicted molar refractivity (Wildman–Crippen MR) is 68.0 cm³/mol. The van der Waals surface area contributed by atoms with E-state index >= 15 is 0 Å². The minimum atomic E-state index is -0.396. The largest absolute Gasteiger partial charge is 0.353 e. The van der Waals surface area contributed by atoms with Gasteiger partial charge in [-0.2, -0.15) is 11.8 Å². The second-order valence-electron chi connectivity index (χ2n) is 4.68. The van der Waals surface area contributed by atoms with Crippen molar-refractivity contribution in [2.75, 3.05) is 12.3 Å². The first-order valence-electron chi connectivity index (χ1n) is 5.47. The van der Waals surface area contributed by atoms with E-state index in [4.69, 9.17) is 5.73 Å². The van der Waals surface area contributed by atoms with Gasteiger partial charge in [-0.1, -0.05) is 20.8 Å². The summed E-state index contributed by atoms with van der Waals surface area (Å²) in [6.45, 7) is 11.0. The van der Waals surface area contributed by atoms with E-state index in [1.54, 1.807) is 0 Å². The molecule has 0 saturated carbocycles. The van der Waals surface area contributed by atoms with Gasteiger partial charge in [0.1, 0.15) is 0 Å². The van der Waals surface area contributed by atoms with Gasteiger partial charge < -0.3 is 11.1 Å². The highest BCUT2D eigenvalue weighted by molar-refractivity contribution is 8.00. The Labute approximate surface area is 97.6 Å². The molecule has 1 unspecified atom stereocenters. The number of hydrogen-bond acceptors (Lipinski definition) is 3. The monoisotopic (exact) mass is 232 g/mol. The fourth-order valence-corrected chi connectivity index (χ4v) is 2.12. The van der Waals surface area contributed by atoms with Crippen LogP contribution >= 0.6 is 11.8 Å². The van der Waals surface area contributed by atoms with Gasteiger partial charge in [0.2, 0.25) is 5.91 Å². The maximum Gasteiger partial charge on any atom is 0.237 e. The van der Waals surface area contributed by atoms with Crippen molar-refractivity contribution < 1.29 is 4.79 Å². The van der Waals surface area contributed by atoms with Gasteiger partial charge in [-0.3, -0.25) is 4.79 Å². The van der Waals surface area contributed by atoms with Gasteiger partial charge in [0.05, 0.1) is 6.04 Å². The molecule has 1 atom stereocenters. The maximum atomic E-state index is 11.6. The van der Waals surface area contributed by atoms with E-state index in [1.807, 2.05) is 25.6 Å². The lowest BCUT2D eigenvalue weighted by atomic mass is 10.0. The summed E-state index contributed by atoms with van der Waals surface area (Å²) in [5, 5.41) is 2.90. The third-order valence-electron chi connectivity index (χ3n) is 2.24. The Bertz CT molecular complexity index is 205. The van der Waals surface area contributed by atoms with Crippen molar-refractivity contribution in [2.45, 2.75) is 45.4 Å². The topological polar surface area (TPSA) is 55.1 Å². The van der Waals surface area contributed by atoms with Crippen molar-refractivity contribution in [1.29, 1.82) is 0 Å². The van der Waals surface area contributed by atoms with E-state index in [-0.39, 0.29) is 16.6 Å². The molecular weight excluding hydrogens is 208 g/mol. The average Bonchev–Trinajstić information content (AvgIpc) is 2.13. The molecule has 0 aliphatic rings. The highest BCUT2D eigenvalue weighted by Gasteiger charge is 2.22. The lowest BCUT2D eigenvalue weighted by Gasteiger charge is -2.25. The summed E-state index contributed by atoms with van der Waals surface area (Å²) in [6, 6.07) is -0.396. The van der Waals surface area contributed by atoms with Crippen molar-refractivity contribution in [2.24, 2.45) is 11.7 Å². The number of amides is 1. The maximum absolute atomic E-state index is 11.6. The van der Waals surface area contributed by atoms with E-state index < -0.39 is 6.04 Å². The van der Waals surface area contributed by atoms with Crippen LogP contribution in [0.15, 0.2) is 0 Å². The van der Waals surface area contributed by atoms with Crippen molar-refractivity contribution >= 4 is 17.7 Å². The van der Waals surface area contributed by atoms with Crippen molar-refractivity contribution in [3.05, 3.63) is 0 Å². The molecule has 0 radical (unpaired) electrons. The molecule has 3 nitrogen and oxygen atoms in total. The Hall–Kier alpha value is -0.220. The molecular formula is C11H24N2OS. The molecule has 0 aromatic rings. The zero-order valence-electron chi connectivity index (χ0n) is 10.5. The van der Waals surface area contributed by atoms with Crippen LogP contribution in [0.1, 0.15) is 34.6 Å². The van der Waals surface area contributed by atoms with Crippen LogP contribution in [0.4, 0.5) is 0 Å². The van der Waals surface area contributed by atoms with Gasteiger partial charge in [-0.15, -0.1) is 0 Å². The summed E-state index contributed by atoms with van der Waals surface area (Å²) in [5.41, 5.74) is 5.74. The summed E-state index contributed by atoms with van der Waals surface area (Å²) >= 11 is 1.84. The predicted octanol–water partition coefficient (Wildman–Crippen LogP) is 1.62. The number of carbonyl (C=O) groups is 1. The number of thioether (sulfide) groups is 1. The van der Waals surface area contributed by atoms with Gasteiger partial charge in [0.15, 0.2) is 0 Å². The van der Waals surface area contributed by atoms with E-state index in [1.165, 1.54) is 0 Å². The van der Waals surface area contributed by atoms with Gasteiger partial charge in [0.25, 0.3) is 0 Å². The SMILES string of the molecule is CCSC(C)(C)CNC(=O)C(N)C(C)C. The molecule has 0 saturated heterocycles. The first-order chi connectivity index (χ1) is 6.80. The molecule has 0 aromatic heterocycles. The number of carbonyl (C=O) groups excluding carboxylic acids is 1. The minimum absolute atomic E-state index is 0.0465. The number of rotatable bonds is 6. The Balaban J connectivity index is 4.00. The van der Waals surface area contributed by atoms with E-state index in [0.29, 0.717) is 6.54 Å². The number of hydrogen-bond donors (Lipinski definition) is 2. The van der Waals surface area contributed by atoms with Crippen LogP contribution in [0.2, 0.25) is 0 Å². The first-order valence-corrected chi connectivity index (χ1v) is 6.46. The lowest BCUT2D eigenvalue weighted by Crippen LogP contribution is -2.47. The second kappa shape index (κ2) is 6.38. The third-order valence-corrected chi connectivity index (χ3v) is 3.46. The minimum Gasteiger partial charge on any atom is -0.353 e. The number of nitrogens with one attached hydrogen (secondary N) is 1. The fraction of sp³-hybridized carbons (Fsp3) is 0.909. The highest BCUT2D eigenvalue weighted by atomic mass is 32.2. The van der Waals surface area contributed by atoms with Crippen LogP contribution in [0.5, 0.6) is 0 Å². The van der Waals surface area contributed by atoms with Gasteiger partial charge in [0, 0.05) is 11.3 Å². The lowest BCUT2D eigenvalue weighted by molar-refractivity contribution is -0.123. The van der Waals surface area contributed by atoms with Gasteiger partial charge in [-0.25, -0.2) is 0 Å².